The number of nitrogens with two attached hydrogens (primary N) is 1. The zero-order chi connectivity index (χ0) is 13.8. The van der Waals surface area contributed by atoms with Crippen molar-refractivity contribution in [3.05, 3.63) is 28.2 Å². The van der Waals surface area contributed by atoms with E-state index in [2.05, 4.69) is 27.9 Å². The third-order valence-corrected chi connectivity index (χ3v) is 4.34. The lowest BCUT2D eigenvalue weighted by Crippen LogP contribution is -2.26. The van der Waals surface area contributed by atoms with E-state index in [9.17, 15) is 0 Å². The minimum absolute atomic E-state index is 0.00254. The van der Waals surface area contributed by atoms with Crippen LogP contribution in [-0.2, 0) is 0 Å². The summed E-state index contributed by atoms with van der Waals surface area (Å²) < 4.78 is 6.99. The molecule has 0 aromatic heterocycles. The molecule has 1 aliphatic heterocycles. The van der Waals surface area contributed by atoms with Crippen LogP contribution in [0.2, 0.25) is 0 Å². The van der Waals surface area contributed by atoms with Crippen molar-refractivity contribution >= 4 is 15.9 Å². The molecule has 0 bridgehead atoms. The fourth-order valence-corrected chi connectivity index (χ4v) is 3.00. The summed E-state index contributed by atoms with van der Waals surface area (Å²) in [7, 11) is 2.20. The van der Waals surface area contributed by atoms with Gasteiger partial charge in [-0.25, -0.2) is 0 Å². The molecule has 0 aliphatic carbocycles. The minimum atomic E-state index is -0.00254. The molecule has 2 N–H and O–H groups in total. The van der Waals surface area contributed by atoms with E-state index in [1.807, 2.05) is 25.1 Å². The number of hydrogen-bond donors (Lipinski definition) is 1. The molecule has 1 aromatic carbocycles. The van der Waals surface area contributed by atoms with Gasteiger partial charge in [0.2, 0.25) is 0 Å². The van der Waals surface area contributed by atoms with Crippen LogP contribution in [0.4, 0.5) is 0 Å². The average Bonchev–Trinajstić information content (AvgIpc) is 2.75. The summed E-state index contributed by atoms with van der Waals surface area (Å²) in [4.78, 5) is 2.43. The van der Waals surface area contributed by atoms with Gasteiger partial charge in [0.15, 0.2) is 0 Å². The Bertz CT molecular complexity index is 423. The van der Waals surface area contributed by atoms with E-state index >= 15 is 0 Å². The van der Waals surface area contributed by atoms with Gasteiger partial charge in [-0.3, -0.25) is 0 Å². The molecule has 0 saturated carbocycles. The summed E-state index contributed by atoms with van der Waals surface area (Å²) in [6, 6.07) is 6.72. The van der Waals surface area contributed by atoms with Gasteiger partial charge >= 0.3 is 0 Å². The van der Waals surface area contributed by atoms with Gasteiger partial charge in [-0.2, -0.15) is 0 Å². The van der Waals surface area contributed by atoms with Gasteiger partial charge in [-0.05, 0) is 51.9 Å². The highest BCUT2D eigenvalue weighted by molar-refractivity contribution is 9.10. The SMILES string of the molecule is CC(N)c1ccc(Br)cc1OCCC1CCCN1C. The topological polar surface area (TPSA) is 38.5 Å². The fourth-order valence-electron chi connectivity index (χ4n) is 2.66. The van der Waals surface area contributed by atoms with Crippen LogP contribution in [0.15, 0.2) is 22.7 Å². The van der Waals surface area contributed by atoms with Gasteiger partial charge in [0, 0.05) is 22.1 Å². The third-order valence-electron chi connectivity index (χ3n) is 3.85. The van der Waals surface area contributed by atoms with E-state index < -0.39 is 0 Å². The minimum Gasteiger partial charge on any atom is -0.493 e. The van der Waals surface area contributed by atoms with Gasteiger partial charge in [-0.15, -0.1) is 0 Å². The summed E-state index contributed by atoms with van der Waals surface area (Å²) in [5.74, 6) is 0.907. The van der Waals surface area contributed by atoms with E-state index in [-0.39, 0.29) is 6.04 Å². The van der Waals surface area contributed by atoms with Crippen molar-refractivity contribution in [2.75, 3.05) is 20.2 Å². The quantitative estimate of drug-likeness (QED) is 0.901. The molecule has 1 fully saturated rings. The summed E-state index contributed by atoms with van der Waals surface area (Å²) in [5, 5.41) is 0. The van der Waals surface area contributed by atoms with E-state index in [0.717, 1.165) is 28.8 Å². The van der Waals surface area contributed by atoms with Crippen molar-refractivity contribution in [1.29, 1.82) is 0 Å². The number of benzene rings is 1. The van der Waals surface area contributed by atoms with E-state index in [0.29, 0.717) is 6.04 Å². The molecule has 4 heteroatoms. The van der Waals surface area contributed by atoms with Crippen LogP contribution in [-0.4, -0.2) is 31.1 Å². The molecule has 3 nitrogen and oxygen atoms in total. The maximum absolute atomic E-state index is 5.98. The third kappa shape index (κ3) is 3.94. The van der Waals surface area contributed by atoms with Crippen LogP contribution >= 0.6 is 15.9 Å². The highest BCUT2D eigenvalue weighted by atomic mass is 79.9. The largest absolute Gasteiger partial charge is 0.493 e. The standard InChI is InChI=1S/C15H23BrN2O/c1-11(17)14-6-5-12(16)10-15(14)19-9-7-13-4-3-8-18(13)2/h5-6,10-11,13H,3-4,7-9,17H2,1-2H3. The second-order valence-electron chi connectivity index (χ2n) is 5.38. The zero-order valence-electron chi connectivity index (χ0n) is 11.7. The summed E-state index contributed by atoms with van der Waals surface area (Å²) in [5.41, 5.74) is 7.05. The van der Waals surface area contributed by atoms with Crippen LogP contribution < -0.4 is 10.5 Å². The van der Waals surface area contributed by atoms with Crippen molar-refractivity contribution in [2.24, 2.45) is 5.73 Å². The molecule has 1 aromatic rings. The first kappa shape index (κ1) is 14.8. The van der Waals surface area contributed by atoms with Crippen molar-refractivity contribution in [2.45, 2.75) is 38.3 Å². The Morgan fingerprint density at radius 2 is 2.32 bits per heavy atom. The lowest BCUT2D eigenvalue weighted by molar-refractivity contribution is 0.231. The Kier molecular flexibility index (Phi) is 5.25. The van der Waals surface area contributed by atoms with Crippen molar-refractivity contribution < 1.29 is 4.74 Å². The lowest BCUT2D eigenvalue weighted by atomic mass is 10.1. The molecule has 106 valence electrons. The monoisotopic (exact) mass is 326 g/mol. The average molecular weight is 327 g/mol. The number of likely N-dealkylation sites (tertiary alicyclic amines) is 1. The normalized spacial score (nSPS) is 21.6. The molecule has 0 spiro atoms. The smallest absolute Gasteiger partial charge is 0.125 e. The highest BCUT2D eigenvalue weighted by Gasteiger charge is 2.20. The maximum atomic E-state index is 5.98. The van der Waals surface area contributed by atoms with Crippen LogP contribution in [0.25, 0.3) is 0 Å². The first-order chi connectivity index (χ1) is 9.08. The Balaban J connectivity index is 1.93. The first-order valence-corrected chi connectivity index (χ1v) is 7.75. The Morgan fingerprint density at radius 3 is 2.95 bits per heavy atom. The molecule has 1 saturated heterocycles. The summed E-state index contributed by atoms with van der Waals surface area (Å²) in [6.45, 7) is 3.96. The Hall–Kier alpha value is -0.580. The van der Waals surface area contributed by atoms with Crippen LogP contribution in [0, 0.1) is 0 Å². The van der Waals surface area contributed by atoms with Gasteiger partial charge < -0.3 is 15.4 Å². The number of rotatable bonds is 5. The number of hydrogen-bond acceptors (Lipinski definition) is 3. The number of halogens is 1. The second-order valence-corrected chi connectivity index (χ2v) is 6.30. The first-order valence-electron chi connectivity index (χ1n) is 6.96. The van der Waals surface area contributed by atoms with Gasteiger partial charge in [0.05, 0.1) is 6.61 Å². The van der Waals surface area contributed by atoms with Crippen LogP contribution in [0.3, 0.4) is 0 Å². The van der Waals surface area contributed by atoms with Gasteiger partial charge in [0.1, 0.15) is 5.75 Å². The van der Waals surface area contributed by atoms with Crippen molar-refractivity contribution in [1.82, 2.24) is 4.90 Å². The molecule has 1 heterocycles. The molecule has 2 unspecified atom stereocenters. The number of nitrogens with zero attached hydrogens (tertiary/aromatic N) is 1. The fraction of sp³-hybridized carbons (Fsp3) is 0.600. The molecular weight excluding hydrogens is 304 g/mol. The molecule has 1 aliphatic rings. The van der Waals surface area contributed by atoms with Crippen molar-refractivity contribution in [3.63, 3.8) is 0 Å². The Labute approximate surface area is 124 Å². The lowest BCUT2D eigenvalue weighted by Gasteiger charge is -2.20. The zero-order valence-corrected chi connectivity index (χ0v) is 13.3. The maximum Gasteiger partial charge on any atom is 0.125 e. The second kappa shape index (κ2) is 6.73. The number of ether oxygens (including phenoxy) is 1. The van der Waals surface area contributed by atoms with Crippen LogP contribution in [0.5, 0.6) is 5.75 Å². The van der Waals surface area contributed by atoms with Gasteiger partial charge in [-0.1, -0.05) is 22.0 Å². The molecule has 2 rings (SSSR count). The summed E-state index contributed by atoms with van der Waals surface area (Å²) in [6.07, 6.45) is 3.68. The van der Waals surface area contributed by atoms with E-state index in [1.54, 1.807) is 0 Å². The predicted octanol–water partition coefficient (Wildman–Crippen LogP) is 3.33. The molecule has 0 amide bonds. The van der Waals surface area contributed by atoms with E-state index in [1.165, 1.54) is 19.4 Å². The molecular formula is C15H23BrN2O. The Morgan fingerprint density at radius 1 is 1.53 bits per heavy atom. The molecule has 2 atom stereocenters. The van der Waals surface area contributed by atoms with Gasteiger partial charge in [0.25, 0.3) is 0 Å². The summed E-state index contributed by atoms with van der Waals surface area (Å²) >= 11 is 3.48. The molecule has 19 heavy (non-hydrogen) atoms. The highest BCUT2D eigenvalue weighted by Crippen LogP contribution is 2.28. The van der Waals surface area contributed by atoms with Crippen LogP contribution in [0.1, 0.15) is 37.8 Å². The predicted molar refractivity (Wildman–Crippen MR) is 82.5 cm³/mol. The molecule has 0 radical (unpaired) electrons. The van der Waals surface area contributed by atoms with Crippen molar-refractivity contribution in [3.8, 4) is 5.75 Å². The van der Waals surface area contributed by atoms with E-state index in [4.69, 9.17) is 10.5 Å².